The highest BCUT2D eigenvalue weighted by atomic mass is 35.5. The zero-order chi connectivity index (χ0) is 38.1. The van der Waals surface area contributed by atoms with Gasteiger partial charge in [0.05, 0.1) is 10.9 Å². The smallest absolute Gasteiger partial charge is 0.481 e. The summed E-state index contributed by atoms with van der Waals surface area (Å²) in [7, 11) is -5.43. The maximum atomic E-state index is 13.3. The molecule has 0 spiro atoms. The molecule has 1 fully saturated rings. The van der Waals surface area contributed by atoms with Crippen molar-refractivity contribution in [2.24, 2.45) is 5.41 Å². The normalized spacial score (nSPS) is 16.2. The fraction of sp³-hybridized carbons (Fsp3) is 0.421. The SMILES string of the molecule is CCC(C)(CCC(C)(C)Oc1cc(NC2CCN(S(=O)(=O)C(F)(F)F)CC2)c2cc(C(c3ccc(Cl)cc3)c3ccc(Cl)cc3)ccc2n1)C(=O)O. The number of nitrogens with zero attached hydrogens (tertiary/aromatic N) is 2. The molecular formula is C38H42Cl2F3N3O5S. The van der Waals surface area contributed by atoms with Gasteiger partial charge in [0.15, 0.2) is 0 Å². The molecule has 2 N–H and O–H groups in total. The van der Waals surface area contributed by atoms with Gasteiger partial charge in [-0.3, -0.25) is 4.79 Å². The molecule has 1 aliphatic rings. The van der Waals surface area contributed by atoms with Gasteiger partial charge in [-0.25, -0.2) is 13.4 Å². The van der Waals surface area contributed by atoms with Crippen LogP contribution in [0.2, 0.25) is 10.0 Å². The van der Waals surface area contributed by atoms with Crippen molar-refractivity contribution in [2.45, 2.75) is 82.9 Å². The number of fused-ring (bicyclic) bond motifs is 1. The van der Waals surface area contributed by atoms with Crippen molar-refractivity contribution in [1.82, 2.24) is 9.29 Å². The lowest BCUT2D eigenvalue weighted by Gasteiger charge is -2.33. The number of hydrogen-bond donors (Lipinski definition) is 2. The van der Waals surface area contributed by atoms with Crippen molar-refractivity contribution in [3.05, 3.63) is 99.5 Å². The van der Waals surface area contributed by atoms with E-state index in [0.29, 0.717) is 44.8 Å². The summed E-state index contributed by atoms with van der Waals surface area (Å²) in [4.78, 5) is 16.8. The summed E-state index contributed by atoms with van der Waals surface area (Å²) in [6.45, 7) is 6.70. The van der Waals surface area contributed by atoms with Crippen LogP contribution in [0.1, 0.15) is 82.4 Å². The third kappa shape index (κ3) is 8.95. The fourth-order valence-corrected chi connectivity index (χ4v) is 7.65. The van der Waals surface area contributed by atoms with Crippen molar-refractivity contribution in [1.29, 1.82) is 0 Å². The summed E-state index contributed by atoms with van der Waals surface area (Å²) in [5.74, 6) is -0.814. The molecule has 1 saturated heterocycles. The van der Waals surface area contributed by atoms with E-state index >= 15 is 0 Å². The van der Waals surface area contributed by atoms with Crippen LogP contribution in [0.15, 0.2) is 72.8 Å². The molecule has 1 atom stereocenters. The van der Waals surface area contributed by atoms with Gasteiger partial charge in [-0.15, -0.1) is 0 Å². The Labute approximate surface area is 312 Å². The molecule has 3 aromatic carbocycles. The molecule has 0 radical (unpaired) electrons. The van der Waals surface area contributed by atoms with Crippen LogP contribution in [0.4, 0.5) is 18.9 Å². The number of hydrogen-bond acceptors (Lipinski definition) is 6. The van der Waals surface area contributed by atoms with Crippen LogP contribution in [-0.4, -0.2) is 59.0 Å². The maximum absolute atomic E-state index is 13.3. The highest BCUT2D eigenvalue weighted by Crippen LogP contribution is 2.39. The number of anilines is 1. The largest absolute Gasteiger partial charge is 0.511 e. The molecule has 0 saturated carbocycles. The molecule has 1 aromatic heterocycles. The molecule has 0 amide bonds. The van der Waals surface area contributed by atoms with E-state index in [2.05, 4.69) is 5.32 Å². The molecule has 2 heterocycles. The van der Waals surface area contributed by atoms with Crippen LogP contribution in [0.25, 0.3) is 10.9 Å². The second-order valence-corrected chi connectivity index (χ2v) is 17.0. The van der Waals surface area contributed by atoms with Gasteiger partial charge in [-0.1, -0.05) is 60.5 Å². The van der Waals surface area contributed by atoms with Gasteiger partial charge in [0, 0.05) is 52.2 Å². The Hall–Kier alpha value is -3.58. The molecule has 1 aliphatic heterocycles. The number of halogens is 5. The number of pyridine rings is 1. The molecule has 1 unspecified atom stereocenters. The van der Waals surface area contributed by atoms with E-state index in [9.17, 15) is 31.5 Å². The van der Waals surface area contributed by atoms with Gasteiger partial charge >= 0.3 is 21.5 Å². The third-order valence-corrected chi connectivity index (χ3v) is 12.1. The number of benzene rings is 3. The molecule has 52 heavy (non-hydrogen) atoms. The van der Waals surface area contributed by atoms with Gasteiger partial charge in [0.2, 0.25) is 5.88 Å². The summed E-state index contributed by atoms with van der Waals surface area (Å²) in [6, 6.07) is 22.4. The van der Waals surface area contributed by atoms with Crippen molar-refractivity contribution < 1.29 is 36.2 Å². The standard InChI is InChI=1S/C38H42Cl2F3N3O5S/c1-5-37(4,35(47)48)19-18-36(2,3)51-33-23-32(44-29-16-20-46(21-17-29)52(49,50)38(41,42)43)30-22-26(10-15-31(30)45-33)34(24-6-11-27(39)12-7-24)25-8-13-28(40)14-9-25/h6-15,22-23,29,34H,5,16-21H2,1-4H3,(H,44,45)(H,47,48). The number of piperidine rings is 1. The Morgan fingerprint density at radius 1 is 0.923 bits per heavy atom. The zero-order valence-corrected chi connectivity index (χ0v) is 31.6. The molecule has 14 heteroatoms. The molecule has 0 bridgehead atoms. The topological polar surface area (TPSA) is 109 Å². The highest BCUT2D eigenvalue weighted by molar-refractivity contribution is 7.90. The predicted octanol–water partition coefficient (Wildman–Crippen LogP) is 9.89. The minimum atomic E-state index is -5.43. The second-order valence-electron chi connectivity index (χ2n) is 14.2. The summed E-state index contributed by atoms with van der Waals surface area (Å²) in [6.07, 6.45) is 1.55. The second kappa shape index (κ2) is 15.4. The van der Waals surface area contributed by atoms with E-state index in [0.717, 1.165) is 22.1 Å². The highest BCUT2D eigenvalue weighted by Gasteiger charge is 2.50. The van der Waals surface area contributed by atoms with E-state index in [1.807, 2.05) is 87.5 Å². The monoisotopic (exact) mass is 779 g/mol. The first-order valence-corrected chi connectivity index (χ1v) is 19.2. The number of carbonyl (C=O) groups is 1. The van der Waals surface area contributed by atoms with E-state index < -0.39 is 32.5 Å². The Morgan fingerprint density at radius 3 is 1.96 bits per heavy atom. The molecular weight excluding hydrogens is 738 g/mol. The Kier molecular flexibility index (Phi) is 11.7. The number of rotatable bonds is 13. The van der Waals surface area contributed by atoms with Crippen molar-refractivity contribution in [2.75, 3.05) is 18.4 Å². The summed E-state index contributed by atoms with van der Waals surface area (Å²) in [5.41, 5.74) is -2.99. The average molecular weight is 781 g/mol. The van der Waals surface area contributed by atoms with Crippen LogP contribution in [0.3, 0.4) is 0 Å². The fourth-order valence-electron chi connectivity index (χ4n) is 6.41. The number of carboxylic acids is 1. The first kappa shape index (κ1) is 39.6. The predicted molar refractivity (Wildman–Crippen MR) is 199 cm³/mol. The first-order valence-electron chi connectivity index (χ1n) is 17.0. The summed E-state index contributed by atoms with van der Waals surface area (Å²) in [5, 5.41) is 15.2. The molecule has 4 aromatic rings. The van der Waals surface area contributed by atoms with Crippen molar-refractivity contribution in [3.8, 4) is 5.88 Å². The van der Waals surface area contributed by atoms with Gasteiger partial charge in [-0.05, 0) is 106 Å². The van der Waals surface area contributed by atoms with Crippen LogP contribution in [-0.2, 0) is 14.8 Å². The Balaban J connectivity index is 1.53. The van der Waals surface area contributed by atoms with Crippen molar-refractivity contribution in [3.63, 3.8) is 0 Å². The number of aromatic nitrogens is 1. The van der Waals surface area contributed by atoms with Crippen LogP contribution >= 0.6 is 23.2 Å². The molecule has 8 nitrogen and oxygen atoms in total. The van der Waals surface area contributed by atoms with Crippen LogP contribution < -0.4 is 10.1 Å². The van der Waals surface area contributed by atoms with Crippen molar-refractivity contribution >= 4 is 55.8 Å². The van der Waals surface area contributed by atoms with Gasteiger partial charge in [0.25, 0.3) is 0 Å². The quantitative estimate of drug-likeness (QED) is 0.130. The Morgan fingerprint density at radius 2 is 1.46 bits per heavy atom. The lowest BCUT2D eigenvalue weighted by molar-refractivity contribution is -0.149. The lowest BCUT2D eigenvalue weighted by atomic mass is 9.80. The van der Waals surface area contributed by atoms with E-state index in [-0.39, 0.29) is 43.8 Å². The molecule has 280 valence electrons. The number of sulfonamides is 1. The summed E-state index contributed by atoms with van der Waals surface area (Å²) < 4.78 is 70.9. The zero-order valence-electron chi connectivity index (χ0n) is 29.3. The maximum Gasteiger partial charge on any atom is 0.511 e. The Bertz CT molecular complexity index is 1960. The molecule has 5 rings (SSSR count). The lowest BCUT2D eigenvalue weighted by Crippen LogP contribution is -2.47. The van der Waals surface area contributed by atoms with E-state index in [1.54, 1.807) is 13.0 Å². The van der Waals surface area contributed by atoms with E-state index in [4.69, 9.17) is 32.9 Å². The van der Waals surface area contributed by atoms with Gasteiger partial charge in [0.1, 0.15) is 5.60 Å². The number of nitrogens with one attached hydrogen (secondary N) is 1. The number of ether oxygens (including phenoxy) is 1. The third-order valence-electron chi connectivity index (χ3n) is 9.95. The summed E-state index contributed by atoms with van der Waals surface area (Å²) >= 11 is 12.5. The average Bonchev–Trinajstić information content (AvgIpc) is 3.08. The van der Waals surface area contributed by atoms with Gasteiger partial charge in [-0.2, -0.15) is 17.5 Å². The van der Waals surface area contributed by atoms with E-state index in [1.165, 1.54) is 0 Å². The number of aliphatic carboxylic acids is 1. The minimum Gasteiger partial charge on any atom is -0.481 e. The van der Waals surface area contributed by atoms with Crippen LogP contribution in [0, 0.1) is 5.41 Å². The minimum absolute atomic E-state index is 0.142. The van der Waals surface area contributed by atoms with Crippen LogP contribution in [0.5, 0.6) is 5.88 Å². The number of alkyl halides is 3. The first-order chi connectivity index (χ1) is 24.3. The number of carboxylic acid groups (broad SMARTS) is 1. The van der Waals surface area contributed by atoms with Gasteiger partial charge < -0.3 is 15.2 Å². The molecule has 0 aliphatic carbocycles.